The molecule has 0 fully saturated rings. The van der Waals surface area contributed by atoms with Crippen molar-refractivity contribution in [2.45, 2.75) is 13.0 Å². The van der Waals surface area contributed by atoms with E-state index in [1.807, 2.05) is 48.5 Å². The van der Waals surface area contributed by atoms with Gasteiger partial charge in [0.25, 0.3) is 0 Å². The largest absolute Gasteiger partial charge is 0.487 e. The SMILES string of the molecule is O=C(CCCl)N1c2ccccc2COc2ccccc21. The van der Waals surface area contributed by atoms with Gasteiger partial charge in [0.15, 0.2) is 0 Å². The average Bonchev–Trinajstić information content (AvgIpc) is 2.64. The fraction of sp³-hybridized carbons (Fsp3) is 0.188. The normalized spacial score (nSPS) is 12.9. The Hall–Kier alpha value is -2.00. The number of benzene rings is 2. The minimum absolute atomic E-state index is 0.0228. The zero-order valence-corrected chi connectivity index (χ0v) is 11.6. The predicted octanol–water partition coefficient (Wildman–Crippen LogP) is 3.87. The summed E-state index contributed by atoms with van der Waals surface area (Å²) in [6.07, 6.45) is 0.296. The number of hydrogen-bond acceptors (Lipinski definition) is 2. The number of carbonyl (C=O) groups is 1. The molecule has 0 radical (unpaired) electrons. The molecule has 2 aromatic carbocycles. The molecule has 3 nitrogen and oxygen atoms in total. The predicted molar refractivity (Wildman–Crippen MR) is 79.7 cm³/mol. The van der Waals surface area contributed by atoms with Crippen LogP contribution in [0.1, 0.15) is 12.0 Å². The molecule has 0 aliphatic carbocycles. The van der Waals surface area contributed by atoms with Gasteiger partial charge in [-0.05, 0) is 18.2 Å². The Morgan fingerprint density at radius 2 is 1.80 bits per heavy atom. The van der Waals surface area contributed by atoms with Crippen molar-refractivity contribution in [3.05, 3.63) is 54.1 Å². The van der Waals surface area contributed by atoms with Crippen molar-refractivity contribution < 1.29 is 9.53 Å². The van der Waals surface area contributed by atoms with Crippen molar-refractivity contribution in [1.82, 2.24) is 0 Å². The Kier molecular flexibility index (Phi) is 3.61. The number of rotatable bonds is 2. The third-order valence-corrected chi connectivity index (χ3v) is 3.47. The number of alkyl halides is 1. The fourth-order valence-electron chi connectivity index (χ4n) is 2.36. The minimum Gasteiger partial charge on any atom is -0.487 e. The molecule has 0 saturated heterocycles. The number of hydrogen-bond donors (Lipinski definition) is 0. The molecule has 0 spiro atoms. The van der Waals surface area contributed by atoms with Gasteiger partial charge >= 0.3 is 0 Å². The number of ether oxygens (including phenoxy) is 1. The number of halogens is 1. The van der Waals surface area contributed by atoms with Crippen LogP contribution in [0.4, 0.5) is 11.4 Å². The van der Waals surface area contributed by atoms with E-state index in [0.29, 0.717) is 24.7 Å². The van der Waals surface area contributed by atoms with Gasteiger partial charge in [-0.25, -0.2) is 0 Å². The van der Waals surface area contributed by atoms with E-state index in [9.17, 15) is 4.79 Å². The molecule has 0 saturated carbocycles. The maximum Gasteiger partial charge on any atom is 0.232 e. The van der Waals surface area contributed by atoms with E-state index in [4.69, 9.17) is 16.3 Å². The molecule has 102 valence electrons. The number of amides is 1. The van der Waals surface area contributed by atoms with Gasteiger partial charge in [-0.1, -0.05) is 30.3 Å². The van der Waals surface area contributed by atoms with E-state index >= 15 is 0 Å². The van der Waals surface area contributed by atoms with Gasteiger partial charge in [0.05, 0.1) is 11.4 Å². The molecule has 0 atom stereocenters. The summed E-state index contributed by atoms with van der Waals surface area (Å²) < 4.78 is 5.81. The van der Waals surface area contributed by atoms with Crippen LogP contribution in [-0.2, 0) is 11.4 Å². The van der Waals surface area contributed by atoms with Crippen molar-refractivity contribution in [3.63, 3.8) is 0 Å². The van der Waals surface area contributed by atoms with Crippen LogP contribution < -0.4 is 9.64 Å². The van der Waals surface area contributed by atoms with Crippen molar-refractivity contribution in [2.75, 3.05) is 10.8 Å². The lowest BCUT2D eigenvalue weighted by atomic mass is 10.1. The highest BCUT2D eigenvalue weighted by Crippen LogP contribution is 2.39. The van der Waals surface area contributed by atoms with Crippen LogP contribution in [0.2, 0.25) is 0 Å². The highest BCUT2D eigenvalue weighted by Gasteiger charge is 2.25. The first-order chi connectivity index (χ1) is 9.81. The molecular weight excluding hydrogens is 274 g/mol. The molecule has 0 unspecified atom stereocenters. The summed E-state index contributed by atoms with van der Waals surface area (Å²) >= 11 is 5.73. The number of carbonyl (C=O) groups excluding carboxylic acids is 1. The third kappa shape index (κ3) is 2.25. The molecule has 1 aliphatic rings. The van der Waals surface area contributed by atoms with Gasteiger partial charge in [-0.3, -0.25) is 9.69 Å². The molecule has 3 rings (SSSR count). The Bertz CT molecular complexity index is 594. The van der Waals surface area contributed by atoms with Crippen LogP contribution in [-0.4, -0.2) is 11.8 Å². The zero-order chi connectivity index (χ0) is 13.9. The van der Waals surface area contributed by atoms with Gasteiger partial charge in [-0.15, -0.1) is 11.6 Å². The molecule has 1 amide bonds. The lowest BCUT2D eigenvalue weighted by molar-refractivity contribution is -0.117. The van der Waals surface area contributed by atoms with E-state index in [0.717, 1.165) is 16.9 Å². The van der Waals surface area contributed by atoms with E-state index in [2.05, 4.69) is 0 Å². The van der Waals surface area contributed by atoms with Crippen molar-refractivity contribution in [3.8, 4) is 5.75 Å². The van der Waals surface area contributed by atoms with Crippen LogP contribution in [0.15, 0.2) is 48.5 Å². The van der Waals surface area contributed by atoms with Gasteiger partial charge in [-0.2, -0.15) is 0 Å². The first-order valence-electron chi connectivity index (χ1n) is 6.50. The molecular formula is C16H14ClNO2. The minimum atomic E-state index is -0.0228. The summed E-state index contributed by atoms with van der Waals surface area (Å²) in [4.78, 5) is 14.2. The first-order valence-corrected chi connectivity index (χ1v) is 7.03. The van der Waals surface area contributed by atoms with Gasteiger partial charge in [0.2, 0.25) is 5.91 Å². The monoisotopic (exact) mass is 287 g/mol. The number of anilines is 2. The van der Waals surface area contributed by atoms with Gasteiger partial charge < -0.3 is 4.74 Å². The van der Waals surface area contributed by atoms with Gasteiger partial charge in [0.1, 0.15) is 12.4 Å². The lowest BCUT2D eigenvalue weighted by Gasteiger charge is -2.23. The highest BCUT2D eigenvalue weighted by atomic mass is 35.5. The first kappa shape index (κ1) is 13.0. The van der Waals surface area contributed by atoms with Crippen LogP contribution in [0.25, 0.3) is 0 Å². The summed E-state index contributed by atoms with van der Waals surface area (Å²) in [5.41, 5.74) is 2.63. The van der Waals surface area contributed by atoms with Crippen LogP contribution in [0, 0.1) is 0 Å². The number of nitrogens with zero attached hydrogens (tertiary/aromatic N) is 1. The van der Waals surface area contributed by atoms with E-state index in [-0.39, 0.29) is 5.91 Å². The number of fused-ring (bicyclic) bond motifs is 2. The number of para-hydroxylation sites is 3. The Balaban J connectivity index is 2.16. The summed E-state index contributed by atoms with van der Waals surface area (Å²) in [6, 6.07) is 15.4. The average molecular weight is 288 g/mol. The zero-order valence-electron chi connectivity index (χ0n) is 10.9. The van der Waals surface area contributed by atoms with Gasteiger partial charge in [0, 0.05) is 17.9 Å². The molecule has 2 aromatic rings. The Labute approximate surface area is 122 Å². The Morgan fingerprint density at radius 3 is 2.60 bits per heavy atom. The second-order valence-corrected chi connectivity index (χ2v) is 4.93. The van der Waals surface area contributed by atoms with Crippen LogP contribution >= 0.6 is 11.6 Å². The standard InChI is InChI=1S/C16H14ClNO2/c17-10-9-16(19)18-13-6-2-1-5-12(13)11-20-15-8-4-3-7-14(15)18/h1-8H,9-11H2. The van der Waals surface area contributed by atoms with E-state index in [1.165, 1.54) is 0 Å². The molecule has 1 heterocycles. The summed E-state index contributed by atoms with van der Waals surface area (Å²) in [6.45, 7) is 0.456. The van der Waals surface area contributed by atoms with E-state index in [1.54, 1.807) is 4.90 Å². The summed E-state index contributed by atoms with van der Waals surface area (Å²) in [5, 5.41) is 0. The smallest absolute Gasteiger partial charge is 0.232 e. The molecule has 0 aromatic heterocycles. The van der Waals surface area contributed by atoms with Crippen molar-refractivity contribution in [2.24, 2.45) is 0 Å². The van der Waals surface area contributed by atoms with E-state index < -0.39 is 0 Å². The third-order valence-electron chi connectivity index (χ3n) is 3.28. The molecule has 20 heavy (non-hydrogen) atoms. The summed E-state index contributed by atoms with van der Waals surface area (Å²) in [7, 11) is 0. The van der Waals surface area contributed by atoms with Crippen molar-refractivity contribution >= 4 is 28.9 Å². The van der Waals surface area contributed by atoms with Crippen LogP contribution in [0.5, 0.6) is 5.75 Å². The van der Waals surface area contributed by atoms with Crippen LogP contribution in [0.3, 0.4) is 0 Å². The second kappa shape index (κ2) is 5.55. The molecule has 0 N–H and O–H groups in total. The maximum atomic E-state index is 12.5. The summed E-state index contributed by atoms with van der Waals surface area (Å²) in [5.74, 6) is 0.998. The second-order valence-electron chi connectivity index (χ2n) is 4.55. The topological polar surface area (TPSA) is 29.5 Å². The highest BCUT2D eigenvalue weighted by molar-refractivity contribution is 6.19. The molecule has 1 aliphatic heterocycles. The van der Waals surface area contributed by atoms with Crippen molar-refractivity contribution in [1.29, 1.82) is 0 Å². The fourth-order valence-corrected chi connectivity index (χ4v) is 2.52. The lowest BCUT2D eigenvalue weighted by Crippen LogP contribution is -2.26. The maximum absolute atomic E-state index is 12.5. The Morgan fingerprint density at radius 1 is 1.10 bits per heavy atom. The molecule has 4 heteroatoms. The molecule has 0 bridgehead atoms. The quantitative estimate of drug-likeness (QED) is 0.785.